The fourth-order valence-corrected chi connectivity index (χ4v) is 3.35. The minimum Gasteiger partial charge on any atom is -0.496 e. The summed E-state index contributed by atoms with van der Waals surface area (Å²) in [5, 5.41) is 5.14. The molecule has 150 valence electrons. The number of hydrogen-bond donors (Lipinski definition) is 1. The minimum atomic E-state index is -0.348. The molecule has 1 amide bonds. The lowest BCUT2D eigenvalue weighted by Gasteiger charge is -2.05. The number of halogens is 1. The molecule has 0 radical (unpaired) electrons. The van der Waals surface area contributed by atoms with Crippen LogP contribution in [0.2, 0.25) is 0 Å². The van der Waals surface area contributed by atoms with Crippen LogP contribution in [0.4, 0.5) is 4.39 Å². The van der Waals surface area contributed by atoms with Crippen LogP contribution >= 0.6 is 0 Å². The summed E-state index contributed by atoms with van der Waals surface area (Å²) in [5.41, 5.74) is 5.85. The van der Waals surface area contributed by atoms with Gasteiger partial charge in [0.2, 0.25) is 0 Å². The molecule has 6 heteroatoms. The first-order valence-corrected chi connectivity index (χ1v) is 9.44. The summed E-state index contributed by atoms with van der Waals surface area (Å²) in [7, 11) is 1.52. The molecule has 0 fully saturated rings. The van der Waals surface area contributed by atoms with Gasteiger partial charge in [-0.2, -0.15) is 5.10 Å². The summed E-state index contributed by atoms with van der Waals surface area (Å²) in [5.74, 6) is -0.116. The summed E-state index contributed by atoms with van der Waals surface area (Å²) in [4.78, 5) is 12.4. The van der Waals surface area contributed by atoms with E-state index in [-0.39, 0.29) is 11.7 Å². The Kier molecular flexibility index (Phi) is 5.57. The number of hydrazone groups is 1. The van der Waals surface area contributed by atoms with Crippen molar-refractivity contribution in [3.05, 3.63) is 102 Å². The van der Waals surface area contributed by atoms with E-state index in [2.05, 4.69) is 15.1 Å². The summed E-state index contributed by atoms with van der Waals surface area (Å²) < 4.78 is 20.5. The van der Waals surface area contributed by atoms with Gasteiger partial charge in [0.25, 0.3) is 5.91 Å². The number of para-hydroxylation sites is 2. The van der Waals surface area contributed by atoms with Gasteiger partial charge in [-0.3, -0.25) is 4.79 Å². The van der Waals surface area contributed by atoms with Gasteiger partial charge in [0.15, 0.2) is 0 Å². The summed E-state index contributed by atoms with van der Waals surface area (Å²) >= 11 is 0. The number of methoxy groups -OCH3 is 1. The lowest BCUT2D eigenvalue weighted by atomic mass is 10.2. The third-order valence-corrected chi connectivity index (χ3v) is 4.81. The van der Waals surface area contributed by atoms with E-state index in [0.717, 1.165) is 22.0 Å². The Morgan fingerprint density at radius 1 is 1.07 bits per heavy atom. The largest absolute Gasteiger partial charge is 0.496 e. The highest BCUT2D eigenvalue weighted by atomic mass is 19.1. The van der Waals surface area contributed by atoms with E-state index in [1.807, 2.05) is 30.5 Å². The number of aromatic nitrogens is 1. The Balaban J connectivity index is 1.57. The maximum absolute atomic E-state index is 13.2. The predicted molar refractivity (Wildman–Crippen MR) is 115 cm³/mol. The van der Waals surface area contributed by atoms with Crippen LogP contribution in [0.15, 0.2) is 84.1 Å². The fraction of sp³-hybridized carbons (Fsp3) is 0.0833. The normalized spacial score (nSPS) is 11.1. The predicted octanol–water partition coefficient (Wildman–Crippen LogP) is 4.60. The molecule has 1 N–H and O–H groups in total. The quantitative estimate of drug-likeness (QED) is 0.379. The van der Waals surface area contributed by atoms with E-state index in [1.54, 1.807) is 42.6 Å². The molecular weight excluding hydrogens is 381 g/mol. The van der Waals surface area contributed by atoms with Crippen molar-refractivity contribution < 1.29 is 13.9 Å². The van der Waals surface area contributed by atoms with Crippen molar-refractivity contribution in [2.75, 3.05) is 7.11 Å². The van der Waals surface area contributed by atoms with Crippen LogP contribution < -0.4 is 10.2 Å². The molecular formula is C24H20FN3O2. The second-order valence-electron chi connectivity index (χ2n) is 6.76. The van der Waals surface area contributed by atoms with E-state index in [0.29, 0.717) is 17.9 Å². The second kappa shape index (κ2) is 8.61. The van der Waals surface area contributed by atoms with Crippen molar-refractivity contribution in [1.29, 1.82) is 0 Å². The van der Waals surface area contributed by atoms with Crippen LogP contribution in [0.1, 0.15) is 21.5 Å². The van der Waals surface area contributed by atoms with Crippen molar-refractivity contribution in [2.24, 2.45) is 5.10 Å². The lowest BCUT2D eigenvalue weighted by molar-refractivity contribution is 0.0952. The molecule has 1 heterocycles. The van der Waals surface area contributed by atoms with Crippen molar-refractivity contribution in [3.8, 4) is 5.75 Å². The van der Waals surface area contributed by atoms with Crippen LogP contribution in [-0.4, -0.2) is 23.8 Å². The molecule has 0 aliphatic rings. The van der Waals surface area contributed by atoms with Crippen molar-refractivity contribution in [3.63, 3.8) is 0 Å². The first-order valence-electron chi connectivity index (χ1n) is 9.44. The third kappa shape index (κ3) is 4.07. The maximum Gasteiger partial charge on any atom is 0.275 e. The Morgan fingerprint density at radius 3 is 2.60 bits per heavy atom. The second-order valence-corrected chi connectivity index (χ2v) is 6.76. The molecule has 3 aromatic carbocycles. The highest BCUT2D eigenvalue weighted by molar-refractivity contribution is 6.01. The van der Waals surface area contributed by atoms with Gasteiger partial charge >= 0.3 is 0 Å². The number of benzene rings is 3. The Morgan fingerprint density at radius 2 is 1.80 bits per heavy atom. The first kappa shape index (κ1) is 19.4. The number of carbonyl (C=O) groups is 1. The van der Waals surface area contributed by atoms with E-state index >= 15 is 0 Å². The number of fused-ring (bicyclic) bond motifs is 1. The van der Waals surface area contributed by atoms with Gasteiger partial charge in [0.05, 0.1) is 18.9 Å². The molecule has 1 aromatic heterocycles. The van der Waals surface area contributed by atoms with Gasteiger partial charge in [-0.1, -0.05) is 42.5 Å². The summed E-state index contributed by atoms with van der Waals surface area (Å²) in [6.07, 6.45) is 3.59. The molecule has 4 rings (SSSR count). The number of carbonyl (C=O) groups excluding carboxylic acids is 1. The van der Waals surface area contributed by atoms with E-state index in [9.17, 15) is 9.18 Å². The molecule has 0 saturated heterocycles. The highest BCUT2D eigenvalue weighted by Gasteiger charge is 2.11. The zero-order valence-corrected chi connectivity index (χ0v) is 16.4. The topological polar surface area (TPSA) is 55.6 Å². The van der Waals surface area contributed by atoms with E-state index in [4.69, 9.17) is 4.74 Å². The fourth-order valence-electron chi connectivity index (χ4n) is 3.35. The van der Waals surface area contributed by atoms with E-state index < -0.39 is 0 Å². The molecule has 5 nitrogen and oxygen atoms in total. The number of nitrogens with one attached hydrogen (secondary N) is 1. The van der Waals surface area contributed by atoms with Crippen LogP contribution in [0.5, 0.6) is 5.75 Å². The van der Waals surface area contributed by atoms with Gasteiger partial charge in [0, 0.05) is 29.2 Å². The number of ether oxygens (including phenoxy) is 1. The molecule has 0 aliphatic heterocycles. The molecule has 0 spiro atoms. The molecule has 0 atom stereocenters. The smallest absolute Gasteiger partial charge is 0.275 e. The van der Waals surface area contributed by atoms with Crippen LogP contribution in [0.25, 0.3) is 10.9 Å². The number of amides is 1. The van der Waals surface area contributed by atoms with Crippen LogP contribution in [0, 0.1) is 5.82 Å². The summed E-state index contributed by atoms with van der Waals surface area (Å²) in [6.45, 7) is 0.599. The number of hydrogen-bond acceptors (Lipinski definition) is 3. The summed E-state index contributed by atoms with van der Waals surface area (Å²) in [6, 6.07) is 21.4. The standard InChI is InChI=1S/C24H20FN3O2/c1-30-23-9-5-3-7-21(23)24(29)27-26-14-18-16-28(22-8-4-2-6-20(18)22)15-17-10-12-19(25)13-11-17/h2-14,16H,15H2,1H3,(H,27,29)/b26-14+. The lowest BCUT2D eigenvalue weighted by Crippen LogP contribution is -2.18. The maximum atomic E-state index is 13.2. The minimum absolute atomic E-state index is 0.255. The zero-order valence-electron chi connectivity index (χ0n) is 16.4. The molecule has 30 heavy (non-hydrogen) atoms. The molecule has 0 bridgehead atoms. The third-order valence-electron chi connectivity index (χ3n) is 4.81. The van der Waals surface area contributed by atoms with Gasteiger partial charge < -0.3 is 9.30 Å². The molecule has 4 aromatic rings. The van der Waals surface area contributed by atoms with Gasteiger partial charge in [0.1, 0.15) is 11.6 Å². The number of rotatable bonds is 6. The van der Waals surface area contributed by atoms with Gasteiger partial charge in [-0.05, 0) is 35.9 Å². The zero-order chi connectivity index (χ0) is 20.9. The molecule has 0 saturated carbocycles. The van der Waals surface area contributed by atoms with Crippen molar-refractivity contribution in [1.82, 2.24) is 9.99 Å². The first-order chi connectivity index (χ1) is 14.7. The van der Waals surface area contributed by atoms with Gasteiger partial charge in [-0.25, -0.2) is 9.82 Å². The Hall–Kier alpha value is -3.93. The number of nitrogens with zero attached hydrogens (tertiary/aromatic N) is 2. The van der Waals surface area contributed by atoms with Crippen molar-refractivity contribution in [2.45, 2.75) is 6.54 Å². The highest BCUT2D eigenvalue weighted by Crippen LogP contribution is 2.21. The average Bonchev–Trinajstić information content (AvgIpc) is 3.12. The van der Waals surface area contributed by atoms with Gasteiger partial charge in [-0.15, -0.1) is 0 Å². The monoisotopic (exact) mass is 401 g/mol. The van der Waals surface area contributed by atoms with Crippen LogP contribution in [-0.2, 0) is 6.54 Å². The van der Waals surface area contributed by atoms with Crippen molar-refractivity contribution >= 4 is 23.0 Å². The van der Waals surface area contributed by atoms with E-state index in [1.165, 1.54) is 19.2 Å². The average molecular weight is 401 g/mol. The van der Waals surface area contributed by atoms with Crippen LogP contribution in [0.3, 0.4) is 0 Å². The Bertz CT molecular complexity index is 1210. The SMILES string of the molecule is COc1ccccc1C(=O)N/N=C/c1cn(Cc2ccc(F)cc2)c2ccccc12. The molecule has 0 unspecified atom stereocenters. The molecule has 0 aliphatic carbocycles. The Labute approximate surface area is 173 Å².